The fourth-order valence-electron chi connectivity index (χ4n) is 3.03. The van der Waals surface area contributed by atoms with E-state index in [2.05, 4.69) is 0 Å². The first kappa shape index (κ1) is 15.8. The van der Waals surface area contributed by atoms with Gasteiger partial charge in [0, 0.05) is 25.9 Å². The van der Waals surface area contributed by atoms with E-state index in [1.807, 2.05) is 0 Å². The SMILES string of the molecule is COC(=O)c1cc(N2CCCC2=O)c(Cl)c(N2CCCC2=O)c1. The molecule has 0 N–H and O–H groups in total. The van der Waals surface area contributed by atoms with Crippen LogP contribution >= 0.6 is 11.6 Å². The van der Waals surface area contributed by atoms with Gasteiger partial charge in [-0.25, -0.2) is 4.79 Å². The van der Waals surface area contributed by atoms with Gasteiger partial charge < -0.3 is 14.5 Å². The zero-order valence-corrected chi connectivity index (χ0v) is 13.6. The molecule has 2 fully saturated rings. The molecule has 0 spiro atoms. The lowest BCUT2D eigenvalue weighted by molar-refractivity contribution is -0.117. The van der Waals surface area contributed by atoms with Gasteiger partial charge in [-0.2, -0.15) is 0 Å². The quantitative estimate of drug-likeness (QED) is 0.795. The monoisotopic (exact) mass is 336 g/mol. The van der Waals surface area contributed by atoms with Crippen molar-refractivity contribution in [2.24, 2.45) is 0 Å². The van der Waals surface area contributed by atoms with Crippen LogP contribution in [-0.4, -0.2) is 38.0 Å². The van der Waals surface area contributed by atoms with Crippen molar-refractivity contribution < 1.29 is 19.1 Å². The Morgan fingerprint density at radius 3 is 1.87 bits per heavy atom. The minimum atomic E-state index is -0.526. The molecule has 1 aromatic rings. The van der Waals surface area contributed by atoms with E-state index in [0.717, 1.165) is 12.8 Å². The standard InChI is InChI=1S/C16H17ClN2O4/c1-23-16(22)10-8-11(18-6-2-4-13(18)20)15(17)12(9-10)19-7-3-5-14(19)21/h8-9H,2-7H2,1H3. The van der Waals surface area contributed by atoms with Crippen molar-refractivity contribution in [2.75, 3.05) is 30.0 Å². The Kier molecular flexibility index (Phi) is 4.26. The number of carbonyl (C=O) groups excluding carboxylic acids is 3. The molecule has 3 rings (SSSR count). The predicted molar refractivity (Wildman–Crippen MR) is 86.0 cm³/mol. The zero-order chi connectivity index (χ0) is 16.6. The Balaban J connectivity index is 2.12. The minimum Gasteiger partial charge on any atom is -0.465 e. The molecule has 2 aliphatic rings. The number of rotatable bonds is 3. The third kappa shape index (κ3) is 2.79. The number of halogens is 1. The lowest BCUT2D eigenvalue weighted by atomic mass is 10.1. The van der Waals surface area contributed by atoms with Crippen LogP contribution in [0.15, 0.2) is 12.1 Å². The minimum absolute atomic E-state index is 0.0346. The van der Waals surface area contributed by atoms with E-state index in [4.69, 9.17) is 16.3 Å². The predicted octanol–water partition coefficient (Wildman–Crippen LogP) is 2.38. The van der Waals surface area contributed by atoms with E-state index in [9.17, 15) is 14.4 Å². The molecule has 0 radical (unpaired) electrons. The summed E-state index contributed by atoms with van der Waals surface area (Å²) in [5, 5.41) is 0.322. The number of carbonyl (C=O) groups is 3. The molecular formula is C16H17ClN2O4. The Hall–Kier alpha value is -2.08. The first-order valence-electron chi connectivity index (χ1n) is 7.55. The third-order valence-electron chi connectivity index (χ3n) is 4.18. The van der Waals surface area contributed by atoms with Crippen LogP contribution in [0, 0.1) is 0 Å². The number of amides is 2. The second-order valence-corrected chi connectivity index (χ2v) is 6.00. The molecule has 6 nitrogen and oxygen atoms in total. The number of hydrogen-bond donors (Lipinski definition) is 0. The van der Waals surface area contributed by atoms with E-state index in [-0.39, 0.29) is 17.4 Å². The Bertz CT molecular complexity index is 642. The van der Waals surface area contributed by atoms with Crippen LogP contribution in [0.5, 0.6) is 0 Å². The molecule has 0 saturated carbocycles. The number of nitrogens with zero attached hydrogens (tertiary/aromatic N) is 2. The van der Waals surface area contributed by atoms with Gasteiger partial charge in [-0.1, -0.05) is 11.6 Å². The van der Waals surface area contributed by atoms with E-state index < -0.39 is 5.97 Å². The van der Waals surface area contributed by atoms with Crippen LogP contribution in [0.1, 0.15) is 36.0 Å². The zero-order valence-electron chi connectivity index (χ0n) is 12.8. The molecule has 0 aliphatic carbocycles. The van der Waals surface area contributed by atoms with Gasteiger partial charge in [-0.3, -0.25) is 9.59 Å². The van der Waals surface area contributed by atoms with Crippen LogP contribution in [-0.2, 0) is 14.3 Å². The van der Waals surface area contributed by atoms with E-state index in [1.54, 1.807) is 21.9 Å². The summed E-state index contributed by atoms with van der Waals surface area (Å²) in [7, 11) is 1.29. The van der Waals surface area contributed by atoms with Gasteiger partial charge in [0.2, 0.25) is 11.8 Å². The fourth-order valence-corrected chi connectivity index (χ4v) is 3.34. The van der Waals surface area contributed by atoms with Crippen molar-refractivity contribution in [3.63, 3.8) is 0 Å². The Morgan fingerprint density at radius 2 is 1.52 bits per heavy atom. The van der Waals surface area contributed by atoms with Crippen molar-refractivity contribution in [1.82, 2.24) is 0 Å². The molecule has 2 saturated heterocycles. The largest absolute Gasteiger partial charge is 0.465 e. The average Bonchev–Trinajstić information content (AvgIpc) is 3.15. The van der Waals surface area contributed by atoms with Crippen molar-refractivity contribution in [2.45, 2.75) is 25.7 Å². The van der Waals surface area contributed by atoms with Crippen LogP contribution in [0.3, 0.4) is 0 Å². The highest BCUT2D eigenvalue weighted by atomic mass is 35.5. The van der Waals surface area contributed by atoms with Gasteiger partial charge in [0.05, 0.1) is 29.1 Å². The van der Waals surface area contributed by atoms with Crippen molar-refractivity contribution in [3.8, 4) is 0 Å². The molecule has 0 atom stereocenters. The number of esters is 1. The number of benzene rings is 1. The van der Waals surface area contributed by atoms with Gasteiger partial charge in [0.1, 0.15) is 0 Å². The maximum atomic E-state index is 12.0. The van der Waals surface area contributed by atoms with Gasteiger partial charge in [-0.15, -0.1) is 0 Å². The molecule has 1 aromatic carbocycles. The highest BCUT2D eigenvalue weighted by Crippen LogP contribution is 2.40. The summed E-state index contributed by atoms with van der Waals surface area (Å²) >= 11 is 6.48. The molecule has 2 heterocycles. The lowest BCUT2D eigenvalue weighted by Gasteiger charge is -2.24. The Morgan fingerprint density at radius 1 is 1.04 bits per heavy atom. The second kappa shape index (κ2) is 6.20. The lowest BCUT2D eigenvalue weighted by Crippen LogP contribution is -2.28. The molecule has 23 heavy (non-hydrogen) atoms. The second-order valence-electron chi connectivity index (χ2n) is 5.62. The maximum Gasteiger partial charge on any atom is 0.338 e. The number of methoxy groups -OCH3 is 1. The van der Waals surface area contributed by atoms with Gasteiger partial charge in [0.15, 0.2) is 0 Å². The van der Waals surface area contributed by atoms with E-state index >= 15 is 0 Å². The van der Waals surface area contributed by atoms with Crippen molar-refractivity contribution in [1.29, 1.82) is 0 Å². The summed E-state index contributed by atoms with van der Waals surface area (Å²) in [5.74, 6) is -0.595. The van der Waals surface area contributed by atoms with Crippen LogP contribution in [0.25, 0.3) is 0 Å². The number of hydrogen-bond acceptors (Lipinski definition) is 4. The van der Waals surface area contributed by atoms with Crippen molar-refractivity contribution in [3.05, 3.63) is 22.7 Å². The first-order valence-corrected chi connectivity index (χ1v) is 7.93. The highest BCUT2D eigenvalue weighted by Gasteiger charge is 2.30. The fraction of sp³-hybridized carbons (Fsp3) is 0.438. The van der Waals surface area contributed by atoms with Crippen LogP contribution in [0.4, 0.5) is 11.4 Å². The molecular weight excluding hydrogens is 320 g/mol. The molecule has 7 heteroatoms. The van der Waals surface area contributed by atoms with E-state index in [1.165, 1.54) is 7.11 Å². The molecule has 2 aliphatic heterocycles. The molecule has 122 valence electrons. The molecule has 0 bridgehead atoms. The van der Waals surface area contributed by atoms with Gasteiger partial charge in [0.25, 0.3) is 0 Å². The topological polar surface area (TPSA) is 66.9 Å². The average molecular weight is 337 g/mol. The van der Waals surface area contributed by atoms with Crippen LogP contribution in [0.2, 0.25) is 5.02 Å². The van der Waals surface area contributed by atoms with Gasteiger partial charge >= 0.3 is 5.97 Å². The highest BCUT2D eigenvalue weighted by molar-refractivity contribution is 6.37. The van der Waals surface area contributed by atoms with Crippen molar-refractivity contribution >= 4 is 40.8 Å². The Labute approximate surface area is 138 Å². The summed E-state index contributed by atoms with van der Waals surface area (Å²) in [6.07, 6.45) is 2.40. The smallest absolute Gasteiger partial charge is 0.338 e. The first-order chi connectivity index (χ1) is 11.0. The van der Waals surface area contributed by atoms with Crippen LogP contribution < -0.4 is 9.80 Å². The third-order valence-corrected chi connectivity index (χ3v) is 4.57. The number of anilines is 2. The normalized spacial score (nSPS) is 18.0. The molecule has 0 unspecified atom stereocenters. The maximum absolute atomic E-state index is 12.0. The van der Waals surface area contributed by atoms with Gasteiger partial charge in [-0.05, 0) is 25.0 Å². The summed E-state index contributed by atoms with van der Waals surface area (Å²) in [6.45, 7) is 1.10. The summed E-state index contributed by atoms with van der Waals surface area (Å²) in [5.41, 5.74) is 1.21. The van der Waals surface area contributed by atoms with E-state index in [0.29, 0.717) is 42.3 Å². The summed E-state index contributed by atoms with van der Waals surface area (Å²) in [4.78, 5) is 39.2. The summed E-state index contributed by atoms with van der Waals surface area (Å²) < 4.78 is 4.78. The summed E-state index contributed by atoms with van der Waals surface area (Å²) in [6, 6.07) is 3.11. The number of ether oxygens (including phenoxy) is 1. The molecule has 2 amide bonds. The molecule has 0 aromatic heterocycles.